The molecular weight excluding hydrogens is 304 g/mol. The first-order valence-corrected chi connectivity index (χ1v) is 8.44. The van der Waals surface area contributed by atoms with Crippen molar-refractivity contribution in [3.8, 4) is 0 Å². The monoisotopic (exact) mass is 328 g/mol. The maximum atomic E-state index is 6.16. The van der Waals surface area contributed by atoms with Gasteiger partial charge in [0.05, 0.1) is 13.2 Å². The molecule has 0 spiro atoms. The van der Waals surface area contributed by atoms with E-state index in [2.05, 4.69) is 18.7 Å². The minimum Gasteiger partial charge on any atom is -0.491 e. The van der Waals surface area contributed by atoms with Gasteiger partial charge < -0.3 is 18.9 Å². The summed E-state index contributed by atoms with van der Waals surface area (Å²) < 4.78 is 23.7. The van der Waals surface area contributed by atoms with E-state index in [0.29, 0.717) is 24.7 Å². The van der Waals surface area contributed by atoms with Crippen molar-refractivity contribution in [3.05, 3.63) is 72.2 Å². The standard InChI is InChI=1S/C20H24O4/c1-3-21-15(2)17-12-8-5-9-13-18-19(23-17)14-22-20(24-18)16-10-6-4-7-11-16/h4-7,9-12,18-20H,2-3,8,13-14H2,1H3/b9-5-,17-12-/t18-,19+,20+/m0/s1. The van der Waals surface area contributed by atoms with Gasteiger partial charge in [0.25, 0.3) is 0 Å². The molecule has 1 aromatic rings. The highest BCUT2D eigenvalue weighted by molar-refractivity contribution is 5.20. The van der Waals surface area contributed by atoms with Crippen LogP contribution in [0.3, 0.4) is 0 Å². The highest BCUT2D eigenvalue weighted by Gasteiger charge is 2.34. The molecule has 128 valence electrons. The first-order chi connectivity index (χ1) is 11.8. The Hall–Kier alpha value is -2.04. The third-order valence-corrected chi connectivity index (χ3v) is 4.04. The van der Waals surface area contributed by atoms with Gasteiger partial charge in [0.2, 0.25) is 0 Å². The van der Waals surface area contributed by atoms with Crippen molar-refractivity contribution < 1.29 is 18.9 Å². The molecule has 3 atom stereocenters. The van der Waals surface area contributed by atoms with Crippen LogP contribution in [0.15, 0.2) is 66.7 Å². The second kappa shape index (κ2) is 8.18. The van der Waals surface area contributed by atoms with Gasteiger partial charge in [-0.1, -0.05) is 49.1 Å². The summed E-state index contributed by atoms with van der Waals surface area (Å²) in [4.78, 5) is 0. The van der Waals surface area contributed by atoms with Crippen LogP contribution in [-0.2, 0) is 18.9 Å². The molecule has 0 amide bonds. The van der Waals surface area contributed by atoms with Gasteiger partial charge in [-0.15, -0.1) is 0 Å². The Morgan fingerprint density at radius 1 is 1.21 bits per heavy atom. The summed E-state index contributed by atoms with van der Waals surface area (Å²) in [6, 6.07) is 9.98. The Kier molecular flexibility index (Phi) is 5.72. The van der Waals surface area contributed by atoms with Crippen LogP contribution in [0.25, 0.3) is 0 Å². The van der Waals surface area contributed by atoms with Crippen LogP contribution < -0.4 is 0 Å². The van der Waals surface area contributed by atoms with Gasteiger partial charge in [0.1, 0.15) is 12.2 Å². The number of hydrogen-bond donors (Lipinski definition) is 0. The smallest absolute Gasteiger partial charge is 0.184 e. The van der Waals surface area contributed by atoms with Gasteiger partial charge in [-0.2, -0.15) is 0 Å². The average molecular weight is 328 g/mol. The summed E-state index contributed by atoms with van der Waals surface area (Å²) in [5, 5.41) is 0. The summed E-state index contributed by atoms with van der Waals surface area (Å²) in [5.74, 6) is 1.22. The molecule has 0 bridgehead atoms. The second-order valence-electron chi connectivity index (χ2n) is 5.77. The number of ether oxygens (including phenoxy) is 4. The summed E-state index contributed by atoms with van der Waals surface area (Å²) in [7, 11) is 0. The fraction of sp³-hybridized carbons (Fsp3) is 0.400. The van der Waals surface area contributed by atoms with E-state index >= 15 is 0 Å². The normalized spacial score (nSPS) is 30.4. The zero-order valence-electron chi connectivity index (χ0n) is 14.0. The zero-order chi connectivity index (χ0) is 16.8. The third-order valence-electron chi connectivity index (χ3n) is 4.04. The lowest BCUT2D eigenvalue weighted by Crippen LogP contribution is -2.42. The highest BCUT2D eigenvalue weighted by Crippen LogP contribution is 2.31. The van der Waals surface area contributed by atoms with Crippen LogP contribution in [0.2, 0.25) is 0 Å². The maximum absolute atomic E-state index is 6.16. The van der Waals surface area contributed by atoms with Crippen LogP contribution in [0, 0.1) is 0 Å². The number of hydrogen-bond acceptors (Lipinski definition) is 4. The Bertz CT molecular complexity index is 605. The van der Waals surface area contributed by atoms with Gasteiger partial charge in [0, 0.05) is 5.56 Å². The molecule has 4 nitrogen and oxygen atoms in total. The zero-order valence-corrected chi connectivity index (χ0v) is 14.0. The topological polar surface area (TPSA) is 36.9 Å². The van der Waals surface area contributed by atoms with Crippen LogP contribution in [0.4, 0.5) is 0 Å². The van der Waals surface area contributed by atoms with E-state index < -0.39 is 0 Å². The molecule has 0 saturated carbocycles. The van der Waals surface area contributed by atoms with E-state index in [1.807, 2.05) is 43.3 Å². The fourth-order valence-corrected chi connectivity index (χ4v) is 2.82. The Morgan fingerprint density at radius 3 is 2.83 bits per heavy atom. The molecule has 0 radical (unpaired) electrons. The van der Waals surface area contributed by atoms with E-state index in [0.717, 1.165) is 18.4 Å². The van der Waals surface area contributed by atoms with Gasteiger partial charge in [-0.3, -0.25) is 0 Å². The van der Waals surface area contributed by atoms with E-state index in [4.69, 9.17) is 18.9 Å². The number of rotatable bonds is 4. The molecule has 2 heterocycles. The molecule has 0 N–H and O–H groups in total. The van der Waals surface area contributed by atoms with Crippen molar-refractivity contribution >= 4 is 0 Å². The highest BCUT2D eigenvalue weighted by atomic mass is 16.7. The number of benzene rings is 1. The number of allylic oxidation sites excluding steroid dienone is 2. The summed E-state index contributed by atoms with van der Waals surface area (Å²) in [6.45, 7) is 6.91. The van der Waals surface area contributed by atoms with E-state index in [9.17, 15) is 0 Å². The average Bonchev–Trinajstić information content (AvgIpc) is 2.72. The molecule has 0 aliphatic carbocycles. The van der Waals surface area contributed by atoms with Gasteiger partial charge in [-0.05, 0) is 25.8 Å². The molecule has 3 rings (SSSR count). The largest absolute Gasteiger partial charge is 0.491 e. The molecule has 24 heavy (non-hydrogen) atoms. The summed E-state index contributed by atoms with van der Waals surface area (Å²) in [5.41, 5.74) is 1.02. The molecule has 2 aliphatic rings. The molecule has 1 saturated heterocycles. The lowest BCUT2D eigenvalue weighted by molar-refractivity contribution is -0.258. The summed E-state index contributed by atoms with van der Waals surface area (Å²) >= 11 is 0. The van der Waals surface area contributed by atoms with Gasteiger partial charge >= 0.3 is 0 Å². The van der Waals surface area contributed by atoms with Crippen molar-refractivity contribution in [3.63, 3.8) is 0 Å². The number of fused-ring (bicyclic) bond motifs is 1. The van der Waals surface area contributed by atoms with Crippen molar-refractivity contribution in [1.29, 1.82) is 0 Å². The molecule has 0 unspecified atom stereocenters. The molecule has 4 heteroatoms. The Labute approximate surface area is 143 Å². The van der Waals surface area contributed by atoms with E-state index in [1.165, 1.54) is 0 Å². The van der Waals surface area contributed by atoms with Crippen LogP contribution in [-0.4, -0.2) is 25.4 Å². The van der Waals surface area contributed by atoms with Crippen LogP contribution in [0.1, 0.15) is 31.6 Å². The van der Waals surface area contributed by atoms with Gasteiger partial charge in [-0.25, -0.2) is 0 Å². The first-order valence-electron chi connectivity index (χ1n) is 8.44. The minimum absolute atomic E-state index is 0.0730. The lowest BCUT2D eigenvalue weighted by Gasteiger charge is -2.36. The summed E-state index contributed by atoms with van der Waals surface area (Å²) in [6.07, 6.45) is 7.20. The molecule has 1 fully saturated rings. The Morgan fingerprint density at radius 2 is 2.04 bits per heavy atom. The fourth-order valence-electron chi connectivity index (χ4n) is 2.82. The van der Waals surface area contributed by atoms with E-state index in [-0.39, 0.29) is 18.5 Å². The third kappa shape index (κ3) is 4.08. The minimum atomic E-state index is -0.354. The molecular formula is C20H24O4. The predicted molar refractivity (Wildman–Crippen MR) is 92.1 cm³/mol. The van der Waals surface area contributed by atoms with Crippen LogP contribution >= 0.6 is 0 Å². The quantitative estimate of drug-likeness (QED) is 0.611. The lowest BCUT2D eigenvalue weighted by atomic mass is 10.1. The molecule has 2 aliphatic heterocycles. The van der Waals surface area contributed by atoms with Crippen molar-refractivity contribution in [2.75, 3.05) is 13.2 Å². The second-order valence-corrected chi connectivity index (χ2v) is 5.77. The van der Waals surface area contributed by atoms with Gasteiger partial charge in [0.15, 0.2) is 17.8 Å². The molecule has 0 aromatic heterocycles. The molecule has 1 aromatic carbocycles. The van der Waals surface area contributed by atoms with Crippen molar-refractivity contribution in [2.24, 2.45) is 0 Å². The maximum Gasteiger partial charge on any atom is 0.184 e. The van der Waals surface area contributed by atoms with Crippen molar-refractivity contribution in [1.82, 2.24) is 0 Å². The van der Waals surface area contributed by atoms with E-state index in [1.54, 1.807) is 0 Å². The van der Waals surface area contributed by atoms with Crippen LogP contribution in [0.5, 0.6) is 0 Å². The Balaban J connectivity index is 1.73. The first kappa shape index (κ1) is 16.8. The SMILES string of the molecule is C=C(OCC)/C1=C/C/C=C\C[C@@H]2O[C@H](c3ccccc3)OC[C@H]2O1. The predicted octanol–water partition coefficient (Wildman–Crippen LogP) is 4.27. The van der Waals surface area contributed by atoms with Crippen molar-refractivity contribution in [2.45, 2.75) is 38.3 Å².